The summed E-state index contributed by atoms with van der Waals surface area (Å²) in [6.45, 7) is 0. The average Bonchev–Trinajstić information content (AvgIpc) is 3.22. The normalized spacial score (nSPS) is 10.6. The number of benzene rings is 2. The molecule has 0 saturated heterocycles. The Morgan fingerprint density at radius 2 is 1.78 bits per heavy atom. The largest absolute Gasteiger partial charge is 0.497 e. The molecule has 0 atom stereocenters. The van der Waals surface area contributed by atoms with E-state index in [9.17, 15) is 9.59 Å². The number of furan rings is 1. The van der Waals surface area contributed by atoms with Crippen molar-refractivity contribution in [3.05, 3.63) is 83.8 Å². The number of amides is 2. The topological polar surface area (TPSA) is 92.9 Å². The zero-order chi connectivity index (χ0) is 19.1. The van der Waals surface area contributed by atoms with Gasteiger partial charge in [-0.15, -0.1) is 0 Å². The van der Waals surface area contributed by atoms with Crippen molar-refractivity contribution in [1.29, 1.82) is 0 Å². The Hall–Kier alpha value is -3.87. The number of hydrogen-bond acceptors (Lipinski definition) is 5. The first-order chi connectivity index (χ1) is 13.2. The van der Waals surface area contributed by atoms with Crippen molar-refractivity contribution in [3.63, 3.8) is 0 Å². The number of nitrogens with one attached hydrogen (secondary N) is 2. The molecule has 7 heteroatoms. The number of rotatable bonds is 6. The number of methoxy groups -OCH3 is 1. The van der Waals surface area contributed by atoms with Crippen LogP contribution in [0.3, 0.4) is 0 Å². The van der Waals surface area contributed by atoms with Gasteiger partial charge in [0.25, 0.3) is 11.8 Å². The molecule has 0 unspecified atom stereocenters. The van der Waals surface area contributed by atoms with Crippen LogP contribution in [0.2, 0.25) is 0 Å². The van der Waals surface area contributed by atoms with Gasteiger partial charge in [-0.3, -0.25) is 9.59 Å². The number of hydrazone groups is 1. The maximum atomic E-state index is 12.4. The van der Waals surface area contributed by atoms with Gasteiger partial charge in [0.05, 0.1) is 30.8 Å². The maximum Gasteiger partial charge on any atom is 0.273 e. The van der Waals surface area contributed by atoms with Gasteiger partial charge in [0, 0.05) is 5.56 Å². The fourth-order valence-electron chi connectivity index (χ4n) is 2.31. The van der Waals surface area contributed by atoms with E-state index in [1.54, 1.807) is 67.8 Å². The van der Waals surface area contributed by atoms with Gasteiger partial charge in [0.15, 0.2) is 0 Å². The van der Waals surface area contributed by atoms with Gasteiger partial charge in [0.2, 0.25) is 0 Å². The first-order valence-electron chi connectivity index (χ1n) is 8.08. The van der Waals surface area contributed by atoms with Crippen LogP contribution in [-0.4, -0.2) is 25.1 Å². The molecule has 0 radical (unpaired) electrons. The van der Waals surface area contributed by atoms with Crippen LogP contribution in [-0.2, 0) is 0 Å². The first-order valence-corrected chi connectivity index (χ1v) is 8.08. The number of carbonyl (C=O) groups excluding carboxylic acids is 2. The zero-order valence-corrected chi connectivity index (χ0v) is 14.5. The summed E-state index contributed by atoms with van der Waals surface area (Å²) in [6.07, 6.45) is 2.89. The van der Waals surface area contributed by atoms with Crippen molar-refractivity contribution in [1.82, 2.24) is 5.43 Å². The summed E-state index contributed by atoms with van der Waals surface area (Å²) < 4.78 is 10.2. The van der Waals surface area contributed by atoms with E-state index in [4.69, 9.17) is 9.15 Å². The molecule has 2 aromatic carbocycles. The van der Waals surface area contributed by atoms with Crippen LogP contribution >= 0.6 is 0 Å². The smallest absolute Gasteiger partial charge is 0.273 e. The SMILES string of the molecule is COc1ccc(C(=O)Nc2ccccc2C(=O)NN=Cc2ccco2)cc1. The lowest BCUT2D eigenvalue weighted by atomic mass is 10.1. The van der Waals surface area contributed by atoms with Crippen LogP contribution in [0.25, 0.3) is 0 Å². The Morgan fingerprint density at radius 3 is 2.48 bits per heavy atom. The van der Waals surface area contributed by atoms with E-state index in [2.05, 4.69) is 15.8 Å². The van der Waals surface area contributed by atoms with Crippen molar-refractivity contribution >= 4 is 23.7 Å². The van der Waals surface area contributed by atoms with Crippen LogP contribution in [0, 0.1) is 0 Å². The summed E-state index contributed by atoms with van der Waals surface area (Å²) in [6, 6.07) is 16.8. The third-order valence-corrected chi connectivity index (χ3v) is 3.67. The zero-order valence-electron chi connectivity index (χ0n) is 14.5. The lowest BCUT2D eigenvalue weighted by Gasteiger charge is -2.10. The summed E-state index contributed by atoms with van der Waals surface area (Å²) in [7, 11) is 1.55. The van der Waals surface area contributed by atoms with Gasteiger partial charge in [-0.25, -0.2) is 5.43 Å². The summed E-state index contributed by atoms with van der Waals surface area (Å²) in [5.74, 6) is 0.373. The lowest BCUT2D eigenvalue weighted by Crippen LogP contribution is -2.21. The second-order valence-electron chi connectivity index (χ2n) is 5.44. The summed E-state index contributed by atoms with van der Waals surface area (Å²) >= 11 is 0. The molecule has 0 saturated carbocycles. The molecule has 3 rings (SSSR count). The second-order valence-corrected chi connectivity index (χ2v) is 5.44. The number of nitrogens with zero attached hydrogens (tertiary/aromatic N) is 1. The molecule has 0 fully saturated rings. The van der Waals surface area contributed by atoms with Gasteiger partial charge < -0.3 is 14.5 Å². The highest BCUT2D eigenvalue weighted by molar-refractivity contribution is 6.09. The highest BCUT2D eigenvalue weighted by atomic mass is 16.5. The average molecular weight is 363 g/mol. The number of anilines is 1. The standard InChI is InChI=1S/C20H17N3O4/c1-26-15-10-8-14(9-11-15)19(24)22-18-7-3-2-6-17(18)20(25)23-21-13-16-5-4-12-27-16/h2-13H,1H3,(H,22,24)(H,23,25). The van der Waals surface area contributed by atoms with Gasteiger partial charge in [0.1, 0.15) is 11.5 Å². The minimum Gasteiger partial charge on any atom is -0.497 e. The third-order valence-electron chi connectivity index (χ3n) is 3.67. The maximum absolute atomic E-state index is 12.4. The van der Waals surface area contributed by atoms with Gasteiger partial charge in [-0.1, -0.05) is 12.1 Å². The Bertz CT molecular complexity index is 948. The predicted molar refractivity (Wildman–Crippen MR) is 101 cm³/mol. The molecule has 7 nitrogen and oxygen atoms in total. The van der Waals surface area contributed by atoms with Crippen molar-refractivity contribution < 1.29 is 18.7 Å². The Kier molecular flexibility index (Phi) is 5.64. The van der Waals surface area contributed by atoms with E-state index >= 15 is 0 Å². The second kappa shape index (κ2) is 8.48. The van der Waals surface area contributed by atoms with Gasteiger partial charge in [-0.05, 0) is 48.5 Å². The molecule has 2 N–H and O–H groups in total. The molecular weight excluding hydrogens is 346 g/mol. The van der Waals surface area contributed by atoms with E-state index in [0.29, 0.717) is 22.8 Å². The van der Waals surface area contributed by atoms with Crippen molar-refractivity contribution in [2.24, 2.45) is 5.10 Å². The van der Waals surface area contributed by atoms with Crippen molar-refractivity contribution in [2.45, 2.75) is 0 Å². The van der Waals surface area contributed by atoms with E-state index in [0.717, 1.165) is 0 Å². The molecule has 27 heavy (non-hydrogen) atoms. The molecule has 0 aliphatic carbocycles. The minimum atomic E-state index is -0.455. The molecule has 3 aromatic rings. The Balaban J connectivity index is 1.70. The summed E-state index contributed by atoms with van der Waals surface area (Å²) in [4.78, 5) is 24.8. The number of hydrogen-bond donors (Lipinski definition) is 2. The van der Waals surface area contributed by atoms with E-state index in [1.807, 2.05) is 0 Å². The number of carbonyl (C=O) groups is 2. The highest BCUT2D eigenvalue weighted by Gasteiger charge is 2.13. The Morgan fingerprint density at radius 1 is 1.00 bits per heavy atom. The fourth-order valence-corrected chi connectivity index (χ4v) is 2.31. The Labute approximate surface area is 155 Å². The van der Waals surface area contributed by atoms with E-state index in [1.165, 1.54) is 12.5 Å². The molecule has 1 heterocycles. The predicted octanol–water partition coefficient (Wildman–Crippen LogP) is 3.30. The molecular formula is C20H17N3O4. The van der Waals surface area contributed by atoms with E-state index in [-0.39, 0.29) is 11.5 Å². The first kappa shape index (κ1) is 17.9. The molecule has 2 amide bonds. The van der Waals surface area contributed by atoms with Crippen LogP contribution in [0.5, 0.6) is 5.75 Å². The fraction of sp³-hybridized carbons (Fsp3) is 0.0500. The van der Waals surface area contributed by atoms with E-state index < -0.39 is 5.91 Å². The molecule has 136 valence electrons. The van der Waals surface area contributed by atoms with Crippen molar-refractivity contribution in [3.8, 4) is 5.75 Å². The number of ether oxygens (including phenoxy) is 1. The number of para-hydroxylation sites is 1. The highest BCUT2D eigenvalue weighted by Crippen LogP contribution is 2.17. The van der Waals surface area contributed by atoms with Crippen LogP contribution in [0.15, 0.2) is 76.4 Å². The molecule has 0 aliphatic heterocycles. The van der Waals surface area contributed by atoms with Crippen molar-refractivity contribution in [2.75, 3.05) is 12.4 Å². The summed E-state index contributed by atoms with van der Waals surface area (Å²) in [5.41, 5.74) is 3.52. The van der Waals surface area contributed by atoms with Crippen LogP contribution in [0.1, 0.15) is 26.5 Å². The van der Waals surface area contributed by atoms with Gasteiger partial charge in [-0.2, -0.15) is 5.10 Å². The van der Waals surface area contributed by atoms with Gasteiger partial charge >= 0.3 is 0 Å². The lowest BCUT2D eigenvalue weighted by molar-refractivity contribution is 0.0956. The monoisotopic (exact) mass is 363 g/mol. The summed E-state index contributed by atoms with van der Waals surface area (Å²) in [5, 5.41) is 6.58. The van der Waals surface area contributed by atoms with Crippen LogP contribution < -0.4 is 15.5 Å². The minimum absolute atomic E-state index is 0.288. The third kappa shape index (κ3) is 4.60. The quantitative estimate of drug-likeness (QED) is 0.519. The molecule has 0 aliphatic rings. The van der Waals surface area contributed by atoms with Crippen LogP contribution in [0.4, 0.5) is 5.69 Å². The molecule has 1 aromatic heterocycles. The molecule has 0 spiro atoms. The molecule has 0 bridgehead atoms.